The predicted octanol–water partition coefficient (Wildman–Crippen LogP) is 3.19. The molecule has 0 aliphatic heterocycles. The summed E-state index contributed by atoms with van der Waals surface area (Å²) in [4.78, 5) is 35.5. The summed E-state index contributed by atoms with van der Waals surface area (Å²) in [7, 11) is 0. The fourth-order valence-corrected chi connectivity index (χ4v) is 2.49. The van der Waals surface area contributed by atoms with Crippen LogP contribution in [0.15, 0.2) is 59.0 Å². The van der Waals surface area contributed by atoms with Gasteiger partial charge in [-0.25, -0.2) is 18.0 Å². The Bertz CT molecular complexity index is 1150. The summed E-state index contributed by atoms with van der Waals surface area (Å²) in [6, 6.07) is 13.3. The summed E-state index contributed by atoms with van der Waals surface area (Å²) in [6.45, 7) is -1.27. The Morgan fingerprint density at radius 1 is 0.879 bits per heavy atom. The molecule has 0 radical (unpaired) electrons. The number of nitrogens with one attached hydrogen (secondary N) is 2. The fraction of sp³-hybridized carbons (Fsp3) is 0.136. The van der Waals surface area contributed by atoms with Crippen LogP contribution < -0.4 is 15.4 Å². The molecule has 172 valence electrons. The highest BCUT2D eigenvalue weighted by Gasteiger charge is 2.17. The predicted molar refractivity (Wildman–Crippen MR) is 108 cm³/mol. The lowest BCUT2D eigenvalue weighted by Crippen LogP contribution is -2.35. The molecule has 0 unspecified atom stereocenters. The van der Waals surface area contributed by atoms with E-state index in [4.69, 9.17) is 13.9 Å². The van der Waals surface area contributed by atoms with Crippen LogP contribution in [0.4, 0.5) is 18.9 Å². The Balaban J connectivity index is 1.40. The fourth-order valence-electron chi connectivity index (χ4n) is 2.49. The maximum atomic E-state index is 13.5. The Hall–Kier alpha value is -4.28. The zero-order chi connectivity index (χ0) is 23.8. The normalized spacial score (nSPS) is 10.4. The molecule has 0 aliphatic carbocycles. The molecule has 8 nitrogen and oxygen atoms in total. The number of hydrogen-bond donors (Lipinski definition) is 2. The van der Waals surface area contributed by atoms with Gasteiger partial charge in [-0.3, -0.25) is 9.59 Å². The van der Waals surface area contributed by atoms with Gasteiger partial charge in [0, 0.05) is 0 Å². The van der Waals surface area contributed by atoms with E-state index in [0.717, 1.165) is 6.07 Å². The average molecular weight is 462 g/mol. The molecule has 2 N–H and O–H groups in total. The molecule has 0 aliphatic rings. The van der Waals surface area contributed by atoms with Crippen LogP contribution in [-0.2, 0) is 20.9 Å². The molecule has 11 heteroatoms. The van der Waals surface area contributed by atoms with Crippen LogP contribution >= 0.6 is 0 Å². The quantitative estimate of drug-likeness (QED) is 0.374. The van der Waals surface area contributed by atoms with Crippen molar-refractivity contribution in [3.8, 4) is 5.75 Å². The first kappa shape index (κ1) is 23.4. The van der Waals surface area contributed by atoms with E-state index in [9.17, 15) is 27.6 Å². The van der Waals surface area contributed by atoms with E-state index >= 15 is 0 Å². The number of benzene rings is 2. The lowest BCUT2D eigenvalue weighted by atomic mass is 10.2. The van der Waals surface area contributed by atoms with E-state index in [0.29, 0.717) is 17.6 Å². The van der Waals surface area contributed by atoms with Gasteiger partial charge in [0.25, 0.3) is 5.91 Å². The minimum absolute atomic E-state index is 0.0748. The topological polar surface area (TPSA) is 107 Å². The van der Waals surface area contributed by atoms with Crippen LogP contribution in [0.1, 0.15) is 16.3 Å². The minimum atomic E-state index is -1.74. The maximum absolute atomic E-state index is 13.5. The Morgan fingerprint density at radius 2 is 1.64 bits per heavy atom. The van der Waals surface area contributed by atoms with E-state index in [-0.39, 0.29) is 12.4 Å². The molecule has 33 heavy (non-hydrogen) atoms. The Kier molecular flexibility index (Phi) is 7.68. The van der Waals surface area contributed by atoms with Crippen LogP contribution in [0, 0.1) is 17.5 Å². The lowest BCUT2D eigenvalue weighted by molar-refractivity contribution is -0.126. The van der Waals surface area contributed by atoms with Crippen LogP contribution in [0.3, 0.4) is 0 Å². The van der Waals surface area contributed by atoms with Crippen molar-refractivity contribution in [3.05, 3.63) is 83.6 Å². The first-order valence-corrected chi connectivity index (χ1v) is 9.47. The second kappa shape index (κ2) is 10.8. The molecule has 2 amide bonds. The zero-order valence-corrected chi connectivity index (χ0v) is 16.9. The molecule has 2 aromatic carbocycles. The van der Waals surface area contributed by atoms with Gasteiger partial charge < -0.3 is 24.5 Å². The van der Waals surface area contributed by atoms with Crippen LogP contribution in [0.5, 0.6) is 5.75 Å². The van der Waals surface area contributed by atoms with Gasteiger partial charge >= 0.3 is 5.97 Å². The summed E-state index contributed by atoms with van der Waals surface area (Å²) in [5.41, 5.74) is -0.593. The third kappa shape index (κ3) is 6.60. The Labute approximate surface area is 185 Å². The second-order valence-corrected chi connectivity index (χ2v) is 6.49. The highest BCUT2D eigenvalue weighted by molar-refractivity contribution is 5.95. The molecule has 0 bridgehead atoms. The molecule has 0 atom stereocenters. The van der Waals surface area contributed by atoms with E-state index in [1.54, 1.807) is 24.3 Å². The third-order valence-electron chi connectivity index (χ3n) is 4.08. The van der Waals surface area contributed by atoms with Gasteiger partial charge in [-0.05, 0) is 36.4 Å². The second-order valence-electron chi connectivity index (χ2n) is 6.49. The first-order valence-electron chi connectivity index (χ1n) is 9.47. The number of carbonyl (C=O) groups is 3. The largest absolute Gasteiger partial charge is 0.486 e. The summed E-state index contributed by atoms with van der Waals surface area (Å²) in [6.07, 6.45) is 0. The van der Waals surface area contributed by atoms with Gasteiger partial charge in [-0.1, -0.05) is 18.2 Å². The highest BCUT2D eigenvalue weighted by Crippen LogP contribution is 2.19. The number of halogens is 3. The van der Waals surface area contributed by atoms with Crippen LogP contribution in [-0.4, -0.2) is 30.9 Å². The number of anilines is 1. The summed E-state index contributed by atoms with van der Waals surface area (Å²) < 4.78 is 55.2. The molecule has 0 spiro atoms. The SMILES string of the molecule is O=C(COC(=O)c1ccc(COc2ccccc2)o1)NCC(=O)Nc1ccc(F)c(F)c1F. The van der Waals surface area contributed by atoms with Crippen molar-refractivity contribution < 1.29 is 41.4 Å². The van der Waals surface area contributed by atoms with Crippen LogP contribution in [0.2, 0.25) is 0 Å². The number of rotatable bonds is 9. The van der Waals surface area contributed by atoms with E-state index < -0.39 is 54.1 Å². The molecular weight excluding hydrogens is 445 g/mol. The minimum Gasteiger partial charge on any atom is -0.486 e. The standard InChI is InChI=1S/C22H17F3N2O6/c23-15-7-8-16(21(25)20(15)24)27-18(28)10-26-19(29)12-32-22(30)17-9-6-14(33-17)11-31-13-4-2-1-3-5-13/h1-9H,10-12H2,(H,26,29)(H,27,28). The number of para-hydroxylation sites is 1. The van der Waals surface area contributed by atoms with Gasteiger partial charge in [0.2, 0.25) is 11.7 Å². The number of furan rings is 1. The van der Waals surface area contributed by atoms with Crippen molar-refractivity contribution >= 4 is 23.5 Å². The van der Waals surface area contributed by atoms with E-state index in [2.05, 4.69) is 5.32 Å². The zero-order valence-electron chi connectivity index (χ0n) is 16.9. The summed E-state index contributed by atoms with van der Waals surface area (Å²) in [5, 5.41) is 4.11. The van der Waals surface area contributed by atoms with Gasteiger partial charge in [-0.2, -0.15) is 0 Å². The van der Waals surface area contributed by atoms with Gasteiger partial charge in [0.1, 0.15) is 18.1 Å². The Morgan fingerprint density at radius 3 is 2.39 bits per heavy atom. The average Bonchev–Trinajstić information content (AvgIpc) is 3.30. The van der Waals surface area contributed by atoms with E-state index in [1.807, 2.05) is 11.4 Å². The summed E-state index contributed by atoms with van der Waals surface area (Å²) in [5.74, 6) is -6.55. The molecule has 3 aromatic rings. The molecule has 1 heterocycles. The monoisotopic (exact) mass is 462 g/mol. The van der Waals surface area contributed by atoms with Gasteiger partial charge in [-0.15, -0.1) is 0 Å². The van der Waals surface area contributed by atoms with Crippen molar-refractivity contribution in [2.45, 2.75) is 6.61 Å². The van der Waals surface area contributed by atoms with Gasteiger partial charge in [0.05, 0.1) is 12.2 Å². The summed E-state index contributed by atoms with van der Waals surface area (Å²) >= 11 is 0. The third-order valence-corrected chi connectivity index (χ3v) is 4.08. The van der Waals surface area contributed by atoms with Crippen molar-refractivity contribution in [1.29, 1.82) is 0 Å². The smallest absolute Gasteiger partial charge is 0.374 e. The maximum Gasteiger partial charge on any atom is 0.374 e. The van der Waals surface area contributed by atoms with Crippen molar-refractivity contribution in [3.63, 3.8) is 0 Å². The molecule has 1 aromatic heterocycles. The van der Waals surface area contributed by atoms with Crippen molar-refractivity contribution in [1.82, 2.24) is 5.32 Å². The highest BCUT2D eigenvalue weighted by atomic mass is 19.2. The number of amides is 2. The molecule has 0 fully saturated rings. The van der Waals surface area contributed by atoms with Crippen molar-refractivity contribution in [2.75, 3.05) is 18.5 Å². The number of esters is 1. The number of carbonyl (C=O) groups excluding carboxylic acids is 3. The first-order chi connectivity index (χ1) is 15.8. The molecule has 0 saturated carbocycles. The van der Waals surface area contributed by atoms with Gasteiger partial charge in [0.15, 0.2) is 24.1 Å². The molecule has 3 rings (SSSR count). The number of ether oxygens (including phenoxy) is 2. The van der Waals surface area contributed by atoms with Crippen molar-refractivity contribution in [2.24, 2.45) is 0 Å². The number of hydrogen-bond acceptors (Lipinski definition) is 6. The molecular formula is C22H17F3N2O6. The van der Waals surface area contributed by atoms with Crippen LogP contribution in [0.25, 0.3) is 0 Å². The molecule has 0 saturated heterocycles. The lowest BCUT2D eigenvalue weighted by Gasteiger charge is -2.08. The van der Waals surface area contributed by atoms with E-state index in [1.165, 1.54) is 12.1 Å².